The standard InChI is InChI=1S/C11H15Cl2FN2O2S/c1-15-4-2-3-5-19(17,18)16-8-6-9(12)11(14)10(13)7-8/h6-7,15-16H,2-5H2,1H3. The number of anilines is 1. The summed E-state index contributed by atoms with van der Waals surface area (Å²) in [7, 11) is -1.68. The Hall–Kier alpha value is -0.560. The second-order valence-corrected chi connectivity index (χ2v) is 6.64. The van der Waals surface area contributed by atoms with Crippen LogP contribution in [0.5, 0.6) is 0 Å². The average molecular weight is 329 g/mol. The molecule has 2 N–H and O–H groups in total. The number of benzene rings is 1. The van der Waals surface area contributed by atoms with Crippen molar-refractivity contribution in [2.45, 2.75) is 12.8 Å². The van der Waals surface area contributed by atoms with Gasteiger partial charge in [-0.2, -0.15) is 0 Å². The molecule has 0 aliphatic rings. The lowest BCUT2D eigenvalue weighted by Gasteiger charge is -2.09. The molecule has 0 heterocycles. The van der Waals surface area contributed by atoms with Gasteiger partial charge in [0.15, 0.2) is 5.82 Å². The highest BCUT2D eigenvalue weighted by atomic mass is 35.5. The maximum absolute atomic E-state index is 13.2. The Morgan fingerprint density at radius 3 is 2.32 bits per heavy atom. The zero-order valence-electron chi connectivity index (χ0n) is 10.3. The molecule has 0 atom stereocenters. The number of nitrogens with one attached hydrogen (secondary N) is 2. The van der Waals surface area contributed by atoms with Gasteiger partial charge < -0.3 is 5.32 Å². The fraction of sp³-hybridized carbons (Fsp3) is 0.455. The maximum atomic E-state index is 13.2. The molecule has 1 rings (SSSR count). The molecule has 0 bridgehead atoms. The number of sulfonamides is 1. The molecule has 0 aromatic heterocycles. The summed E-state index contributed by atoms with van der Waals surface area (Å²) >= 11 is 11.2. The lowest BCUT2D eigenvalue weighted by atomic mass is 10.3. The molecule has 0 saturated heterocycles. The van der Waals surface area contributed by atoms with Crippen LogP contribution in [-0.4, -0.2) is 27.8 Å². The fourth-order valence-electron chi connectivity index (χ4n) is 1.44. The number of hydrogen-bond donors (Lipinski definition) is 2. The van der Waals surface area contributed by atoms with Gasteiger partial charge in [-0.05, 0) is 38.6 Å². The lowest BCUT2D eigenvalue weighted by Crippen LogP contribution is -2.18. The van der Waals surface area contributed by atoms with Crippen LogP contribution < -0.4 is 10.0 Å². The fourth-order valence-corrected chi connectivity index (χ4v) is 3.09. The van der Waals surface area contributed by atoms with E-state index in [4.69, 9.17) is 23.2 Å². The summed E-state index contributed by atoms with van der Waals surface area (Å²) < 4.78 is 39.0. The molecule has 4 nitrogen and oxygen atoms in total. The Bertz CT molecular complexity index is 514. The highest BCUT2D eigenvalue weighted by molar-refractivity contribution is 7.92. The highest BCUT2D eigenvalue weighted by Crippen LogP contribution is 2.27. The second kappa shape index (κ2) is 7.28. The minimum atomic E-state index is -3.48. The molecule has 0 radical (unpaired) electrons. The Morgan fingerprint density at radius 2 is 1.79 bits per heavy atom. The summed E-state index contributed by atoms with van der Waals surface area (Å²) in [6, 6.07) is 2.38. The van der Waals surface area contributed by atoms with Crippen LogP contribution in [-0.2, 0) is 10.0 Å². The van der Waals surface area contributed by atoms with Crippen LogP contribution in [0.3, 0.4) is 0 Å². The van der Waals surface area contributed by atoms with E-state index in [9.17, 15) is 12.8 Å². The summed E-state index contributed by atoms with van der Waals surface area (Å²) in [5.74, 6) is -0.776. The smallest absolute Gasteiger partial charge is 0.232 e. The van der Waals surface area contributed by atoms with Gasteiger partial charge in [0.1, 0.15) is 0 Å². The first-order chi connectivity index (χ1) is 8.85. The summed E-state index contributed by atoms with van der Waals surface area (Å²) in [4.78, 5) is 0. The molecule has 0 aliphatic carbocycles. The Labute approximate surface area is 122 Å². The van der Waals surface area contributed by atoms with Crippen LogP contribution in [0.4, 0.5) is 10.1 Å². The van der Waals surface area contributed by atoms with Gasteiger partial charge in [-0.3, -0.25) is 4.72 Å². The predicted octanol–water partition coefficient (Wildman–Crippen LogP) is 2.87. The van der Waals surface area contributed by atoms with Crippen molar-refractivity contribution in [2.75, 3.05) is 24.1 Å². The molecule has 108 valence electrons. The van der Waals surface area contributed by atoms with E-state index in [0.29, 0.717) is 6.42 Å². The molecule has 0 saturated carbocycles. The van der Waals surface area contributed by atoms with E-state index in [1.54, 1.807) is 7.05 Å². The van der Waals surface area contributed by atoms with Crippen LogP contribution >= 0.6 is 23.2 Å². The van der Waals surface area contributed by atoms with Gasteiger partial charge in [0, 0.05) is 0 Å². The molecule has 0 spiro atoms. The minimum absolute atomic E-state index is 0.0126. The van der Waals surface area contributed by atoms with Crippen molar-refractivity contribution in [2.24, 2.45) is 0 Å². The molecular formula is C11H15Cl2FN2O2S. The summed E-state index contributed by atoms with van der Waals surface area (Å²) in [5, 5.41) is 2.49. The molecule has 1 aromatic carbocycles. The molecule has 8 heteroatoms. The van der Waals surface area contributed by atoms with Crippen LogP contribution in [0.15, 0.2) is 12.1 Å². The van der Waals surface area contributed by atoms with Gasteiger partial charge in [-0.25, -0.2) is 12.8 Å². The van der Waals surface area contributed by atoms with Crippen molar-refractivity contribution < 1.29 is 12.8 Å². The van der Waals surface area contributed by atoms with Gasteiger partial charge in [0.2, 0.25) is 10.0 Å². The van der Waals surface area contributed by atoms with E-state index in [1.165, 1.54) is 12.1 Å². The van der Waals surface area contributed by atoms with E-state index in [0.717, 1.165) is 13.0 Å². The van der Waals surface area contributed by atoms with Gasteiger partial charge in [0.25, 0.3) is 0 Å². The van der Waals surface area contributed by atoms with Crippen molar-refractivity contribution in [3.8, 4) is 0 Å². The molecule has 1 aromatic rings. The summed E-state index contributed by atoms with van der Waals surface area (Å²) in [5.41, 5.74) is 0.157. The normalized spacial score (nSPS) is 11.6. The quantitative estimate of drug-likeness (QED) is 0.597. The number of rotatable bonds is 7. The maximum Gasteiger partial charge on any atom is 0.232 e. The first-order valence-corrected chi connectivity index (χ1v) is 8.06. The molecule has 0 fully saturated rings. The summed E-state index contributed by atoms with van der Waals surface area (Å²) in [6.45, 7) is 0.754. The van der Waals surface area contributed by atoms with Crippen molar-refractivity contribution in [1.29, 1.82) is 0 Å². The van der Waals surface area contributed by atoms with Crippen molar-refractivity contribution >= 4 is 38.9 Å². The zero-order chi connectivity index (χ0) is 14.5. The van der Waals surface area contributed by atoms with E-state index < -0.39 is 15.8 Å². The van der Waals surface area contributed by atoms with Crippen LogP contribution in [0.25, 0.3) is 0 Å². The van der Waals surface area contributed by atoms with Gasteiger partial charge in [-0.15, -0.1) is 0 Å². The lowest BCUT2D eigenvalue weighted by molar-refractivity contribution is 0.595. The van der Waals surface area contributed by atoms with E-state index in [2.05, 4.69) is 10.0 Å². The average Bonchev–Trinajstić information content (AvgIpc) is 2.31. The summed E-state index contributed by atoms with van der Waals surface area (Å²) in [6.07, 6.45) is 1.28. The Morgan fingerprint density at radius 1 is 1.21 bits per heavy atom. The second-order valence-electron chi connectivity index (χ2n) is 3.99. The van der Waals surface area contributed by atoms with Crippen molar-refractivity contribution in [3.05, 3.63) is 28.0 Å². The number of hydrogen-bond acceptors (Lipinski definition) is 3. The number of unbranched alkanes of at least 4 members (excludes halogenated alkanes) is 1. The first kappa shape index (κ1) is 16.5. The van der Waals surface area contributed by atoms with Gasteiger partial charge in [-0.1, -0.05) is 23.2 Å². The SMILES string of the molecule is CNCCCCS(=O)(=O)Nc1cc(Cl)c(F)c(Cl)c1. The van der Waals surface area contributed by atoms with Crippen molar-refractivity contribution in [3.63, 3.8) is 0 Å². The van der Waals surface area contributed by atoms with Crippen molar-refractivity contribution in [1.82, 2.24) is 5.32 Å². The third-order valence-corrected chi connectivity index (χ3v) is 4.27. The Balaban J connectivity index is 2.68. The van der Waals surface area contributed by atoms with Gasteiger partial charge in [0.05, 0.1) is 21.5 Å². The molecule has 0 unspecified atom stereocenters. The van der Waals surface area contributed by atoms with E-state index in [1.807, 2.05) is 0 Å². The topological polar surface area (TPSA) is 58.2 Å². The first-order valence-electron chi connectivity index (χ1n) is 5.65. The third kappa shape index (κ3) is 5.52. The Kier molecular flexibility index (Phi) is 6.32. The van der Waals surface area contributed by atoms with Crippen LogP contribution in [0, 0.1) is 5.82 Å². The molecule has 0 amide bonds. The van der Waals surface area contributed by atoms with E-state index in [-0.39, 0.29) is 21.5 Å². The van der Waals surface area contributed by atoms with Crippen LogP contribution in [0.1, 0.15) is 12.8 Å². The number of halogens is 3. The van der Waals surface area contributed by atoms with E-state index >= 15 is 0 Å². The van der Waals surface area contributed by atoms with Gasteiger partial charge >= 0.3 is 0 Å². The highest BCUT2D eigenvalue weighted by Gasteiger charge is 2.13. The third-order valence-electron chi connectivity index (χ3n) is 2.35. The molecular weight excluding hydrogens is 314 g/mol. The zero-order valence-corrected chi connectivity index (χ0v) is 12.7. The predicted molar refractivity (Wildman–Crippen MR) is 77.0 cm³/mol. The molecule has 0 aliphatic heterocycles. The van der Waals surface area contributed by atoms with Crippen LogP contribution in [0.2, 0.25) is 10.0 Å². The minimum Gasteiger partial charge on any atom is -0.320 e. The monoisotopic (exact) mass is 328 g/mol. The largest absolute Gasteiger partial charge is 0.320 e. The molecule has 19 heavy (non-hydrogen) atoms.